The molecule has 3 rings (SSSR count). The van der Waals surface area contributed by atoms with Gasteiger partial charge in [0.25, 0.3) is 5.91 Å². The molecule has 1 amide bonds. The maximum Gasteiger partial charge on any atom is 0.266 e. The molecular weight excluding hydrogens is 348 g/mol. The number of rotatable bonds is 6. The van der Waals surface area contributed by atoms with E-state index < -0.39 is 5.91 Å². The molecule has 0 heterocycles. The van der Waals surface area contributed by atoms with Gasteiger partial charge in [-0.2, -0.15) is 5.26 Å². The summed E-state index contributed by atoms with van der Waals surface area (Å²) in [5.41, 5.74) is 3.52. The van der Waals surface area contributed by atoms with Crippen molar-refractivity contribution in [2.75, 3.05) is 5.32 Å². The van der Waals surface area contributed by atoms with Gasteiger partial charge in [-0.25, -0.2) is 0 Å². The van der Waals surface area contributed by atoms with Gasteiger partial charge in [-0.05, 0) is 47.9 Å². The zero-order valence-electron chi connectivity index (χ0n) is 15.6. The zero-order chi connectivity index (χ0) is 19.8. The smallest absolute Gasteiger partial charge is 0.266 e. The van der Waals surface area contributed by atoms with E-state index in [1.807, 2.05) is 85.8 Å². The third-order valence-corrected chi connectivity index (χ3v) is 4.20. The fraction of sp³-hybridized carbons (Fsp3) is 0.0833. The number of para-hydroxylation sites is 1. The summed E-state index contributed by atoms with van der Waals surface area (Å²) in [4.78, 5) is 12.4. The molecular formula is C24H20N2O2. The summed E-state index contributed by atoms with van der Waals surface area (Å²) < 4.78 is 5.75. The van der Waals surface area contributed by atoms with Crippen LogP contribution in [0.5, 0.6) is 5.75 Å². The van der Waals surface area contributed by atoms with Crippen molar-refractivity contribution in [3.8, 4) is 11.8 Å². The number of nitriles is 1. The largest absolute Gasteiger partial charge is 0.489 e. The third-order valence-electron chi connectivity index (χ3n) is 4.20. The average Bonchev–Trinajstić information content (AvgIpc) is 2.73. The first-order valence-corrected chi connectivity index (χ1v) is 8.91. The molecule has 1 N–H and O–H groups in total. The van der Waals surface area contributed by atoms with Crippen LogP contribution in [0.3, 0.4) is 0 Å². The van der Waals surface area contributed by atoms with Crippen molar-refractivity contribution < 1.29 is 9.53 Å². The van der Waals surface area contributed by atoms with Crippen LogP contribution in [0.2, 0.25) is 0 Å². The molecule has 0 fully saturated rings. The summed E-state index contributed by atoms with van der Waals surface area (Å²) in [6, 6.07) is 26.6. The van der Waals surface area contributed by atoms with E-state index in [9.17, 15) is 10.1 Å². The number of carbonyl (C=O) groups excluding carboxylic acids is 1. The summed E-state index contributed by atoms with van der Waals surface area (Å²) in [6.45, 7) is 2.39. The van der Waals surface area contributed by atoms with E-state index in [1.165, 1.54) is 0 Å². The van der Waals surface area contributed by atoms with Crippen LogP contribution >= 0.6 is 0 Å². The fourth-order valence-corrected chi connectivity index (χ4v) is 2.62. The van der Waals surface area contributed by atoms with Crippen LogP contribution in [0.25, 0.3) is 6.08 Å². The molecule has 0 radical (unpaired) electrons. The highest BCUT2D eigenvalue weighted by Crippen LogP contribution is 2.18. The van der Waals surface area contributed by atoms with Crippen molar-refractivity contribution in [1.29, 1.82) is 5.26 Å². The monoisotopic (exact) mass is 368 g/mol. The highest BCUT2D eigenvalue weighted by molar-refractivity contribution is 6.09. The molecule has 4 nitrogen and oxygen atoms in total. The number of hydrogen-bond donors (Lipinski definition) is 1. The fourth-order valence-electron chi connectivity index (χ4n) is 2.62. The number of anilines is 1. The van der Waals surface area contributed by atoms with Crippen molar-refractivity contribution in [2.45, 2.75) is 13.5 Å². The average molecular weight is 368 g/mol. The lowest BCUT2D eigenvalue weighted by Crippen LogP contribution is -2.14. The second-order valence-corrected chi connectivity index (χ2v) is 6.28. The quantitative estimate of drug-likeness (QED) is 0.485. The SMILES string of the molecule is Cc1ccccc1NC(=O)/C(C#N)=C\c1ccc(OCc2ccccc2)cc1. The minimum absolute atomic E-state index is 0.0428. The van der Waals surface area contributed by atoms with Crippen molar-refractivity contribution in [3.05, 3.63) is 101 Å². The molecule has 28 heavy (non-hydrogen) atoms. The molecule has 138 valence electrons. The minimum Gasteiger partial charge on any atom is -0.489 e. The molecule has 0 aromatic heterocycles. The van der Waals surface area contributed by atoms with Gasteiger partial charge in [0.1, 0.15) is 24.0 Å². The molecule has 0 bridgehead atoms. The Morgan fingerprint density at radius 3 is 2.36 bits per heavy atom. The second-order valence-electron chi connectivity index (χ2n) is 6.28. The van der Waals surface area contributed by atoms with Crippen molar-refractivity contribution in [3.63, 3.8) is 0 Å². The molecule has 3 aromatic carbocycles. The van der Waals surface area contributed by atoms with Gasteiger partial charge in [-0.15, -0.1) is 0 Å². The number of hydrogen-bond acceptors (Lipinski definition) is 3. The first kappa shape index (κ1) is 18.9. The molecule has 0 spiro atoms. The van der Waals surface area contributed by atoms with Crippen LogP contribution in [0.4, 0.5) is 5.69 Å². The van der Waals surface area contributed by atoms with Crippen LogP contribution in [0, 0.1) is 18.3 Å². The maximum atomic E-state index is 12.4. The van der Waals surface area contributed by atoms with Crippen molar-refractivity contribution in [2.24, 2.45) is 0 Å². The highest BCUT2D eigenvalue weighted by Gasteiger charge is 2.10. The molecule has 0 aliphatic carbocycles. The number of nitrogens with zero attached hydrogens (tertiary/aromatic N) is 1. The number of amides is 1. The summed E-state index contributed by atoms with van der Waals surface area (Å²) in [5.74, 6) is 0.296. The number of carbonyl (C=O) groups is 1. The number of aryl methyl sites for hydroxylation is 1. The van der Waals surface area contributed by atoms with Crippen LogP contribution in [0.15, 0.2) is 84.4 Å². The first-order chi connectivity index (χ1) is 13.7. The first-order valence-electron chi connectivity index (χ1n) is 8.91. The standard InChI is InChI=1S/C24H20N2O2/c1-18-7-5-6-10-23(18)26-24(27)21(16-25)15-19-11-13-22(14-12-19)28-17-20-8-3-2-4-9-20/h2-15H,17H2,1H3,(H,26,27)/b21-15-. The molecule has 0 saturated heterocycles. The maximum absolute atomic E-state index is 12.4. The Balaban J connectivity index is 1.66. The summed E-state index contributed by atoms with van der Waals surface area (Å²) >= 11 is 0. The van der Waals surface area contributed by atoms with E-state index in [0.717, 1.165) is 22.4 Å². The highest BCUT2D eigenvalue weighted by atomic mass is 16.5. The van der Waals surface area contributed by atoms with Gasteiger partial charge in [0.05, 0.1) is 0 Å². The van der Waals surface area contributed by atoms with E-state index in [1.54, 1.807) is 12.1 Å². The molecule has 0 unspecified atom stereocenters. The molecule has 4 heteroatoms. The van der Waals surface area contributed by atoms with E-state index in [2.05, 4.69) is 5.32 Å². The summed E-state index contributed by atoms with van der Waals surface area (Å²) in [5, 5.41) is 12.1. The molecule has 0 saturated carbocycles. The Bertz CT molecular complexity index is 1020. The van der Waals surface area contributed by atoms with Gasteiger partial charge in [-0.3, -0.25) is 4.79 Å². The van der Waals surface area contributed by atoms with Gasteiger partial charge in [0, 0.05) is 5.69 Å². The van der Waals surface area contributed by atoms with Crippen LogP contribution in [-0.2, 0) is 11.4 Å². The Hall–Kier alpha value is -3.84. The molecule has 0 aliphatic heterocycles. The van der Waals surface area contributed by atoms with E-state index >= 15 is 0 Å². The van der Waals surface area contributed by atoms with Gasteiger partial charge in [0.2, 0.25) is 0 Å². The van der Waals surface area contributed by atoms with Gasteiger partial charge in [0.15, 0.2) is 0 Å². The molecule has 0 atom stereocenters. The van der Waals surface area contributed by atoms with Crippen LogP contribution in [0.1, 0.15) is 16.7 Å². The summed E-state index contributed by atoms with van der Waals surface area (Å²) in [6.07, 6.45) is 1.56. The van der Waals surface area contributed by atoms with Crippen molar-refractivity contribution >= 4 is 17.7 Å². The Kier molecular flexibility index (Phi) is 6.22. The predicted octanol–water partition coefficient (Wildman–Crippen LogP) is 5.12. The van der Waals surface area contributed by atoms with Gasteiger partial charge < -0.3 is 10.1 Å². The minimum atomic E-state index is -0.429. The van der Waals surface area contributed by atoms with E-state index in [0.29, 0.717) is 12.3 Å². The Morgan fingerprint density at radius 1 is 1.00 bits per heavy atom. The summed E-state index contributed by atoms with van der Waals surface area (Å²) in [7, 11) is 0. The number of ether oxygens (including phenoxy) is 1. The van der Waals surface area contributed by atoms with Crippen LogP contribution < -0.4 is 10.1 Å². The van der Waals surface area contributed by atoms with Crippen LogP contribution in [-0.4, -0.2) is 5.91 Å². The normalized spacial score (nSPS) is 10.8. The van der Waals surface area contributed by atoms with Crippen molar-refractivity contribution in [1.82, 2.24) is 0 Å². The molecule has 3 aromatic rings. The van der Waals surface area contributed by atoms with Gasteiger partial charge in [-0.1, -0.05) is 60.7 Å². The van der Waals surface area contributed by atoms with E-state index in [-0.39, 0.29) is 5.57 Å². The topological polar surface area (TPSA) is 62.1 Å². The lowest BCUT2D eigenvalue weighted by molar-refractivity contribution is -0.112. The zero-order valence-corrected chi connectivity index (χ0v) is 15.6. The predicted molar refractivity (Wildman–Crippen MR) is 111 cm³/mol. The lowest BCUT2D eigenvalue weighted by Gasteiger charge is -2.08. The number of benzene rings is 3. The van der Waals surface area contributed by atoms with Gasteiger partial charge >= 0.3 is 0 Å². The third kappa shape index (κ3) is 5.09. The second kappa shape index (κ2) is 9.20. The molecule has 0 aliphatic rings. The Labute approximate surface area is 164 Å². The number of nitrogens with one attached hydrogen (secondary N) is 1. The lowest BCUT2D eigenvalue weighted by atomic mass is 10.1. The van der Waals surface area contributed by atoms with E-state index in [4.69, 9.17) is 4.74 Å². The Morgan fingerprint density at radius 2 is 1.68 bits per heavy atom.